The zero-order valence-corrected chi connectivity index (χ0v) is 10.0. The van der Waals surface area contributed by atoms with Crippen LogP contribution in [0.4, 0.5) is 4.39 Å². The average molecular weight is 264 g/mol. The lowest BCUT2D eigenvalue weighted by atomic mass is 10.0. The van der Waals surface area contributed by atoms with E-state index in [4.69, 9.17) is 9.47 Å². The summed E-state index contributed by atoms with van der Waals surface area (Å²) in [6.07, 6.45) is -5.74. The van der Waals surface area contributed by atoms with Crippen molar-refractivity contribution in [2.75, 3.05) is 6.61 Å². The first kappa shape index (κ1) is 15.0. The van der Waals surface area contributed by atoms with Gasteiger partial charge in [-0.3, -0.25) is 4.79 Å². The lowest BCUT2D eigenvalue weighted by molar-refractivity contribution is -0.228. The molecule has 1 unspecified atom stereocenters. The monoisotopic (exact) mass is 264 g/mol. The Labute approximate surface area is 104 Å². The highest BCUT2D eigenvalue weighted by Gasteiger charge is 2.38. The molecule has 2 N–H and O–H groups in total. The molecule has 0 amide bonds. The number of hydrogen-bond donors (Lipinski definition) is 2. The van der Waals surface area contributed by atoms with Crippen molar-refractivity contribution in [1.82, 2.24) is 0 Å². The standard InChI is InChI=1S/C11H17FO6/c1-6(13)2-3-9(15)17-5-8-11(12)7(14)4-10(16)18-8/h7-8,10-11,14,16H,2-5H2,1H3/t7-,8-,10?,11+/m1/s1. The number of ether oxygens (including phenoxy) is 2. The Morgan fingerprint density at radius 3 is 2.67 bits per heavy atom. The van der Waals surface area contributed by atoms with Gasteiger partial charge in [-0.2, -0.15) is 0 Å². The third kappa shape index (κ3) is 4.67. The normalized spacial score (nSPS) is 32.0. The van der Waals surface area contributed by atoms with Crippen molar-refractivity contribution >= 4 is 11.8 Å². The number of rotatable bonds is 5. The van der Waals surface area contributed by atoms with Crippen molar-refractivity contribution < 1.29 is 33.7 Å². The minimum atomic E-state index is -1.71. The maximum atomic E-state index is 13.4. The Morgan fingerprint density at radius 1 is 1.39 bits per heavy atom. The lowest BCUT2D eigenvalue weighted by Gasteiger charge is -2.33. The second kappa shape index (κ2) is 6.77. The molecule has 0 saturated carbocycles. The smallest absolute Gasteiger partial charge is 0.306 e. The molecular weight excluding hydrogens is 247 g/mol. The quantitative estimate of drug-likeness (QED) is 0.662. The van der Waals surface area contributed by atoms with Gasteiger partial charge in [0.25, 0.3) is 0 Å². The number of carbonyl (C=O) groups excluding carboxylic acids is 2. The van der Waals surface area contributed by atoms with Gasteiger partial charge in [-0.1, -0.05) is 0 Å². The second-order valence-corrected chi connectivity index (χ2v) is 4.26. The Balaban J connectivity index is 2.33. The van der Waals surface area contributed by atoms with Crippen LogP contribution in [0.2, 0.25) is 0 Å². The van der Waals surface area contributed by atoms with Crippen molar-refractivity contribution in [2.24, 2.45) is 0 Å². The SMILES string of the molecule is CC(=O)CCC(=O)OC[C@H]1OC(O)C[C@@H](O)[C@@H]1F. The van der Waals surface area contributed by atoms with Crippen molar-refractivity contribution in [2.45, 2.75) is 50.9 Å². The number of aliphatic hydroxyl groups is 2. The van der Waals surface area contributed by atoms with Gasteiger partial charge in [0.15, 0.2) is 12.5 Å². The maximum absolute atomic E-state index is 13.4. The Bertz CT molecular complexity index is 308. The summed E-state index contributed by atoms with van der Waals surface area (Å²) in [4.78, 5) is 21.8. The molecule has 0 spiro atoms. The number of halogens is 1. The fourth-order valence-electron chi connectivity index (χ4n) is 1.57. The molecule has 7 heteroatoms. The zero-order valence-electron chi connectivity index (χ0n) is 10.0. The highest BCUT2D eigenvalue weighted by atomic mass is 19.1. The minimum Gasteiger partial charge on any atom is -0.463 e. The fourth-order valence-corrected chi connectivity index (χ4v) is 1.57. The fraction of sp³-hybridized carbons (Fsp3) is 0.818. The van der Waals surface area contributed by atoms with E-state index in [9.17, 15) is 24.2 Å². The lowest BCUT2D eigenvalue weighted by Crippen LogP contribution is -2.48. The van der Waals surface area contributed by atoms with E-state index in [1.165, 1.54) is 6.92 Å². The summed E-state index contributed by atoms with van der Waals surface area (Å²) in [5.74, 6) is -0.786. The van der Waals surface area contributed by atoms with Crippen LogP contribution in [0.25, 0.3) is 0 Å². The third-order valence-electron chi connectivity index (χ3n) is 2.59. The third-order valence-corrected chi connectivity index (χ3v) is 2.59. The van der Waals surface area contributed by atoms with Crippen LogP contribution in [-0.4, -0.2) is 53.2 Å². The molecule has 1 fully saturated rings. The predicted molar refractivity (Wildman–Crippen MR) is 57.3 cm³/mol. The molecule has 0 aromatic heterocycles. The van der Waals surface area contributed by atoms with Crippen molar-refractivity contribution in [3.63, 3.8) is 0 Å². The number of alkyl halides is 1. The van der Waals surface area contributed by atoms with Crippen LogP contribution in [0.5, 0.6) is 0 Å². The number of esters is 1. The van der Waals surface area contributed by atoms with Gasteiger partial charge in [-0.25, -0.2) is 4.39 Å². The molecule has 4 atom stereocenters. The highest BCUT2D eigenvalue weighted by Crippen LogP contribution is 2.22. The van der Waals surface area contributed by atoms with E-state index in [0.29, 0.717) is 0 Å². The summed E-state index contributed by atoms with van der Waals surface area (Å²) in [6.45, 7) is 0.952. The van der Waals surface area contributed by atoms with Gasteiger partial charge in [0.1, 0.15) is 18.5 Å². The van der Waals surface area contributed by atoms with Crippen LogP contribution in [0.3, 0.4) is 0 Å². The van der Waals surface area contributed by atoms with E-state index in [1.54, 1.807) is 0 Å². The van der Waals surface area contributed by atoms with Crippen LogP contribution in [0, 0.1) is 0 Å². The molecule has 0 aliphatic carbocycles. The second-order valence-electron chi connectivity index (χ2n) is 4.26. The van der Waals surface area contributed by atoms with E-state index in [0.717, 1.165) is 0 Å². The zero-order chi connectivity index (χ0) is 13.7. The largest absolute Gasteiger partial charge is 0.463 e. The van der Waals surface area contributed by atoms with E-state index in [-0.39, 0.29) is 25.0 Å². The maximum Gasteiger partial charge on any atom is 0.306 e. The first-order valence-corrected chi connectivity index (χ1v) is 5.71. The highest BCUT2D eigenvalue weighted by molar-refractivity contribution is 5.80. The van der Waals surface area contributed by atoms with Gasteiger partial charge in [0, 0.05) is 12.8 Å². The summed E-state index contributed by atoms with van der Waals surface area (Å²) < 4.78 is 23.0. The summed E-state index contributed by atoms with van der Waals surface area (Å²) in [5.41, 5.74) is 0. The molecule has 0 aromatic rings. The molecule has 18 heavy (non-hydrogen) atoms. The molecule has 1 aliphatic rings. The van der Waals surface area contributed by atoms with Crippen LogP contribution < -0.4 is 0 Å². The van der Waals surface area contributed by atoms with Crippen molar-refractivity contribution in [1.29, 1.82) is 0 Å². The summed E-state index contributed by atoms with van der Waals surface area (Å²) >= 11 is 0. The van der Waals surface area contributed by atoms with Crippen molar-refractivity contribution in [3.05, 3.63) is 0 Å². The van der Waals surface area contributed by atoms with Crippen LogP contribution >= 0.6 is 0 Å². The van der Waals surface area contributed by atoms with Gasteiger partial charge < -0.3 is 24.5 Å². The topological polar surface area (TPSA) is 93.1 Å². The Hall–Kier alpha value is -1.05. The molecule has 0 radical (unpaired) electrons. The van der Waals surface area contributed by atoms with Crippen LogP contribution in [0.15, 0.2) is 0 Å². The summed E-state index contributed by atoms with van der Waals surface area (Å²) in [5, 5.41) is 18.4. The number of Topliss-reactive ketones (excluding diaryl/α,β-unsaturated/α-hetero) is 1. The van der Waals surface area contributed by atoms with Gasteiger partial charge in [0.2, 0.25) is 0 Å². The molecule has 6 nitrogen and oxygen atoms in total. The number of hydrogen-bond acceptors (Lipinski definition) is 6. The minimum absolute atomic E-state index is 0.0641. The first-order chi connectivity index (χ1) is 8.40. The number of ketones is 1. The van der Waals surface area contributed by atoms with Crippen molar-refractivity contribution in [3.8, 4) is 0 Å². The molecule has 104 valence electrons. The van der Waals surface area contributed by atoms with E-state index in [2.05, 4.69) is 0 Å². The summed E-state index contributed by atoms with van der Waals surface area (Å²) in [7, 11) is 0. The van der Waals surface area contributed by atoms with Gasteiger partial charge in [0.05, 0.1) is 12.5 Å². The van der Waals surface area contributed by atoms with Crippen LogP contribution in [0.1, 0.15) is 26.2 Å². The van der Waals surface area contributed by atoms with Gasteiger partial charge >= 0.3 is 5.97 Å². The van der Waals surface area contributed by atoms with Gasteiger partial charge in [-0.05, 0) is 6.92 Å². The van der Waals surface area contributed by atoms with Gasteiger partial charge in [-0.15, -0.1) is 0 Å². The molecule has 0 aromatic carbocycles. The molecule has 1 rings (SSSR count). The Morgan fingerprint density at radius 2 is 2.06 bits per heavy atom. The average Bonchev–Trinajstić information content (AvgIpc) is 2.29. The van der Waals surface area contributed by atoms with Crippen LogP contribution in [-0.2, 0) is 19.1 Å². The molecule has 1 heterocycles. The Kier molecular flexibility index (Phi) is 5.64. The number of carbonyl (C=O) groups is 2. The molecule has 1 aliphatic heterocycles. The van der Waals surface area contributed by atoms with E-state index >= 15 is 0 Å². The van der Waals surface area contributed by atoms with E-state index < -0.39 is 37.2 Å². The molecular formula is C11H17FO6. The molecule has 0 bridgehead atoms. The van der Waals surface area contributed by atoms with E-state index in [1.807, 2.05) is 0 Å². The molecule has 1 saturated heterocycles. The summed E-state index contributed by atoms with van der Waals surface area (Å²) in [6, 6.07) is 0. The predicted octanol–water partition coefficient (Wildman–Crippen LogP) is -0.295. The number of aliphatic hydroxyl groups excluding tert-OH is 2. The first-order valence-electron chi connectivity index (χ1n) is 5.71.